The lowest BCUT2D eigenvalue weighted by molar-refractivity contribution is 1.12. The summed E-state index contributed by atoms with van der Waals surface area (Å²) in [4.78, 5) is 0. The molecule has 0 aliphatic carbocycles. The fraction of sp³-hybridized carbons (Fsp3) is 0. The summed E-state index contributed by atoms with van der Waals surface area (Å²) >= 11 is 0. The first kappa shape index (κ1) is 31.6. The number of nitrogens with zero attached hydrogens (tertiary/aromatic N) is 4. The van der Waals surface area contributed by atoms with Gasteiger partial charge in [-0.3, -0.25) is 0 Å². The van der Waals surface area contributed by atoms with Crippen LogP contribution in [-0.2, 0) is 0 Å². The molecule has 0 unspecified atom stereocenters. The van der Waals surface area contributed by atoms with Gasteiger partial charge in [0.25, 0.3) is 0 Å². The molecule has 0 atom stereocenters. The highest BCUT2D eigenvalue weighted by Crippen LogP contribution is 2.50. The number of para-hydroxylation sites is 4. The lowest BCUT2D eigenvalue weighted by atomic mass is 9.84. The van der Waals surface area contributed by atoms with E-state index in [4.69, 9.17) is 0 Å². The lowest BCUT2D eigenvalue weighted by Gasteiger charge is -2.26. The van der Waals surface area contributed by atoms with Crippen molar-refractivity contribution in [3.8, 4) is 45.8 Å². The maximum atomic E-state index is 11.8. The van der Waals surface area contributed by atoms with Crippen LogP contribution in [0.4, 0.5) is 0 Å². The first-order chi connectivity index (χ1) is 27.8. The summed E-state index contributed by atoms with van der Waals surface area (Å²) in [6.45, 7) is 0. The molecule has 0 aliphatic heterocycles. The van der Waals surface area contributed by atoms with E-state index < -0.39 is 0 Å². The van der Waals surface area contributed by atoms with Crippen LogP contribution >= 0.6 is 0 Å². The predicted octanol–water partition coefficient (Wildman–Crippen LogP) is 13.3. The van der Waals surface area contributed by atoms with Crippen molar-refractivity contribution in [2.45, 2.75) is 0 Å². The van der Waals surface area contributed by atoms with E-state index in [-0.39, 0.29) is 0 Å². The third kappa shape index (κ3) is 4.39. The first-order valence-electron chi connectivity index (χ1n) is 18.7. The van der Waals surface area contributed by atoms with Gasteiger partial charge in [-0.25, -0.2) is 0 Å². The fourth-order valence-corrected chi connectivity index (χ4v) is 9.13. The zero-order chi connectivity index (χ0) is 37.3. The topological polar surface area (TPSA) is 57.4 Å². The Morgan fingerprint density at radius 1 is 0.304 bits per heavy atom. The van der Waals surface area contributed by atoms with Crippen molar-refractivity contribution in [1.29, 1.82) is 10.5 Å². The Hall–Kier alpha value is -7.92. The molecule has 4 nitrogen and oxygen atoms in total. The normalized spacial score (nSPS) is 11.5. The molecule has 2 aromatic heterocycles. The van der Waals surface area contributed by atoms with Crippen LogP contribution in [0.15, 0.2) is 182 Å². The van der Waals surface area contributed by atoms with Gasteiger partial charge >= 0.3 is 0 Å². The van der Waals surface area contributed by atoms with Gasteiger partial charge in [-0.1, -0.05) is 158 Å². The molecule has 0 aliphatic rings. The lowest BCUT2D eigenvalue weighted by Crippen LogP contribution is -2.11. The highest BCUT2D eigenvalue weighted by Gasteiger charge is 2.32. The molecule has 0 radical (unpaired) electrons. The third-order valence-corrected chi connectivity index (χ3v) is 11.4. The van der Waals surface area contributed by atoms with Crippen LogP contribution in [0.25, 0.3) is 98.8 Å². The monoisotopic (exact) mass is 710 g/mol. The molecule has 0 saturated heterocycles. The highest BCUT2D eigenvalue weighted by molar-refractivity contribution is 6.15. The number of hydrogen-bond donors (Lipinski definition) is 0. The Morgan fingerprint density at radius 2 is 0.607 bits per heavy atom. The molecule has 0 spiro atoms. The Labute approximate surface area is 322 Å². The smallest absolute Gasteiger partial charge is 0.102 e. The van der Waals surface area contributed by atoms with Crippen molar-refractivity contribution in [2.24, 2.45) is 0 Å². The Bertz CT molecular complexity index is 3240. The fourth-order valence-electron chi connectivity index (χ4n) is 9.13. The third-order valence-electron chi connectivity index (χ3n) is 11.4. The van der Waals surface area contributed by atoms with Gasteiger partial charge in [-0.05, 0) is 56.9 Å². The van der Waals surface area contributed by atoms with E-state index in [1.807, 2.05) is 18.2 Å². The van der Waals surface area contributed by atoms with E-state index in [1.54, 1.807) is 0 Å². The van der Waals surface area contributed by atoms with Gasteiger partial charge < -0.3 is 9.13 Å². The predicted molar refractivity (Wildman–Crippen MR) is 230 cm³/mol. The molecule has 258 valence electrons. The van der Waals surface area contributed by atoms with Gasteiger partial charge in [-0.2, -0.15) is 10.5 Å². The SMILES string of the molecule is N#Cc1c(-c2cccc3ccccc23)c(C#N)c(-n2c3ccccc3c3ccccc32)c(-c2cccc3ccccc23)c1-n1c2ccccc2c2ccccc21. The maximum absolute atomic E-state index is 11.8. The quantitative estimate of drug-likeness (QED) is 0.183. The van der Waals surface area contributed by atoms with Crippen molar-refractivity contribution in [3.63, 3.8) is 0 Å². The molecule has 56 heavy (non-hydrogen) atoms. The maximum Gasteiger partial charge on any atom is 0.102 e. The highest BCUT2D eigenvalue weighted by atomic mass is 15.0. The first-order valence-corrected chi connectivity index (χ1v) is 18.7. The van der Waals surface area contributed by atoms with Crippen LogP contribution in [-0.4, -0.2) is 9.13 Å². The van der Waals surface area contributed by atoms with Gasteiger partial charge in [0.1, 0.15) is 12.1 Å². The Kier molecular flexibility index (Phi) is 6.95. The molecule has 2 heterocycles. The molecule has 4 heteroatoms. The van der Waals surface area contributed by atoms with Crippen LogP contribution in [0.3, 0.4) is 0 Å². The minimum atomic E-state index is 0.442. The second kappa shape index (κ2) is 12.3. The molecule has 9 aromatic carbocycles. The zero-order valence-electron chi connectivity index (χ0n) is 30.1. The van der Waals surface area contributed by atoms with E-state index in [0.29, 0.717) is 16.7 Å². The van der Waals surface area contributed by atoms with Crippen LogP contribution in [0, 0.1) is 22.7 Å². The van der Waals surface area contributed by atoms with E-state index in [2.05, 4.69) is 185 Å². The van der Waals surface area contributed by atoms with E-state index in [1.165, 1.54) is 0 Å². The molecular formula is C52H30N4. The Balaban J connectivity index is 1.49. The number of benzene rings is 9. The molecule has 0 bridgehead atoms. The molecule has 0 amide bonds. The van der Waals surface area contributed by atoms with Crippen molar-refractivity contribution >= 4 is 65.2 Å². The van der Waals surface area contributed by atoms with Crippen molar-refractivity contribution in [1.82, 2.24) is 9.13 Å². The minimum absolute atomic E-state index is 0.442. The van der Waals surface area contributed by atoms with Crippen molar-refractivity contribution in [3.05, 3.63) is 193 Å². The number of hydrogen-bond acceptors (Lipinski definition) is 2. The number of nitriles is 2. The molecule has 0 saturated carbocycles. The van der Waals surface area contributed by atoms with Crippen molar-refractivity contribution in [2.75, 3.05) is 0 Å². The number of fused-ring (bicyclic) bond motifs is 8. The summed E-state index contributed by atoms with van der Waals surface area (Å²) in [7, 11) is 0. The average Bonchev–Trinajstić information content (AvgIpc) is 3.78. The molecule has 11 rings (SSSR count). The minimum Gasteiger partial charge on any atom is -0.307 e. The van der Waals surface area contributed by atoms with Crippen LogP contribution in [0.5, 0.6) is 0 Å². The van der Waals surface area contributed by atoms with E-state index >= 15 is 0 Å². The second-order valence-electron chi connectivity index (χ2n) is 14.2. The second-order valence-corrected chi connectivity index (χ2v) is 14.2. The van der Waals surface area contributed by atoms with Gasteiger partial charge in [0.05, 0.1) is 44.6 Å². The largest absolute Gasteiger partial charge is 0.307 e. The van der Waals surface area contributed by atoms with E-state index in [9.17, 15) is 10.5 Å². The number of rotatable bonds is 4. The summed E-state index contributed by atoms with van der Waals surface area (Å²) in [5, 5.41) is 32.0. The van der Waals surface area contributed by atoms with Crippen LogP contribution < -0.4 is 0 Å². The summed E-state index contributed by atoms with van der Waals surface area (Å²) in [5.74, 6) is 0. The molecule has 0 fully saturated rings. The van der Waals surface area contributed by atoms with Gasteiger partial charge in [0.2, 0.25) is 0 Å². The van der Waals surface area contributed by atoms with Crippen LogP contribution in [0.2, 0.25) is 0 Å². The van der Waals surface area contributed by atoms with Gasteiger partial charge in [-0.15, -0.1) is 0 Å². The summed E-state index contributed by atoms with van der Waals surface area (Å²) in [5.41, 5.74) is 9.48. The average molecular weight is 711 g/mol. The summed E-state index contributed by atoms with van der Waals surface area (Å²) < 4.78 is 4.54. The summed E-state index contributed by atoms with van der Waals surface area (Å²) in [6, 6.07) is 68.3. The van der Waals surface area contributed by atoms with Gasteiger partial charge in [0, 0.05) is 32.7 Å². The molecular weight excluding hydrogens is 681 g/mol. The van der Waals surface area contributed by atoms with Crippen LogP contribution in [0.1, 0.15) is 11.1 Å². The van der Waals surface area contributed by atoms with Crippen molar-refractivity contribution < 1.29 is 0 Å². The number of aromatic nitrogens is 2. The zero-order valence-corrected chi connectivity index (χ0v) is 30.1. The molecule has 0 N–H and O–H groups in total. The molecule has 11 aromatic rings. The van der Waals surface area contributed by atoms with E-state index in [0.717, 1.165) is 93.2 Å². The standard InChI is InChI=1S/C52H30N4/c53-31-43-49(41-25-13-17-33-15-1-3-19-35(33)41)44(32-54)52(56-47-29-11-7-23-39(47)40-24-8-12-30-48(40)56)50(42-26-14-18-34-16-2-4-20-36(34)42)51(43)55-45-27-9-5-21-37(45)38-22-6-10-28-46(38)55/h1-30H. The Morgan fingerprint density at radius 3 is 0.982 bits per heavy atom. The van der Waals surface area contributed by atoms with Gasteiger partial charge in [0.15, 0.2) is 0 Å². The summed E-state index contributed by atoms with van der Waals surface area (Å²) in [6.07, 6.45) is 0.